The molecular weight excluding hydrogens is 274 g/mol. The van der Waals surface area contributed by atoms with E-state index in [0.29, 0.717) is 31.1 Å². The molecule has 2 amide bonds. The minimum atomic E-state index is -0.963. The summed E-state index contributed by atoms with van der Waals surface area (Å²) in [6.45, 7) is 2.83. The van der Waals surface area contributed by atoms with Crippen molar-refractivity contribution in [3.63, 3.8) is 0 Å². The van der Waals surface area contributed by atoms with Gasteiger partial charge in [0.05, 0.1) is 18.5 Å². The van der Waals surface area contributed by atoms with Crippen molar-refractivity contribution in [2.45, 2.75) is 32.2 Å². The van der Waals surface area contributed by atoms with Crippen molar-refractivity contribution >= 4 is 17.7 Å². The molecule has 7 heteroatoms. The lowest BCUT2D eigenvalue weighted by atomic mass is 10.0. The van der Waals surface area contributed by atoms with Crippen molar-refractivity contribution in [1.82, 2.24) is 9.88 Å². The predicted octanol–water partition coefficient (Wildman–Crippen LogP) is 1.95. The average Bonchev–Trinajstić information content (AvgIpc) is 2.49. The highest BCUT2D eigenvalue weighted by atomic mass is 16.5. The molecule has 1 fully saturated rings. The highest BCUT2D eigenvalue weighted by Crippen LogP contribution is 2.19. The number of carboxylic acid groups (broad SMARTS) is 1. The van der Waals surface area contributed by atoms with Gasteiger partial charge in [-0.1, -0.05) is 0 Å². The van der Waals surface area contributed by atoms with Gasteiger partial charge in [0.15, 0.2) is 0 Å². The van der Waals surface area contributed by atoms with Gasteiger partial charge in [-0.3, -0.25) is 0 Å². The van der Waals surface area contributed by atoms with E-state index in [1.807, 2.05) is 6.92 Å². The fraction of sp³-hybridized carbons (Fsp3) is 0.500. The molecule has 1 unspecified atom stereocenters. The predicted molar refractivity (Wildman–Crippen MR) is 76.4 cm³/mol. The summed E-state index contributed by atoms with van der Waals surface area (Å²) in [5, 5.41) is 11.8. The molecule has 2 heterocycles. The highest BCUT2D eigenvalue weighted by Gasteiger charge is 2.31. The third-order valence-corrected chi connectivity index (χ3v) is 3.33. The number of piperidine rings is 1. The van der Waals surface area contributed by atoms with Crippen molar-refractivity contribution in [2.24, 2.45) is 0 Å². The van der Waals surface area contributed by atoms with E-state index in [2.05, 4.69) is 10.3 Å². The number of anilines is 1. The van der Waals surface area contributed by atoms with Gasteiger partial charge in [0, 0.05) is 12.6 Å². The molecule has 0 aromatic carbocycles. The Morgan fingerprint density at radius 2 is 2.29 bits per heavy atom. The number of carbonyl (C=O) groups excluding carboxylic acids is 1. The fourth-order valence-electron chi connectivity index (χ4n) is 2.31. The molecular formula is C14H19N3O4. The van der Waals surface area contributed by atoms with Gasteiger partial charge in [-0.2, -0.15) is 0 Å². The molecule has 1 aliphatic rings. The maximum Gasteiger partial charge on any atom is 0.326 e. The molecule has 21 heavy (non-hydrogen) atoms. The summed E-state index contributed by atoms with van der Waals surface area (Å²) in [7, 11) is 0. The molecule has 2 rings (SSSR count). The average molecular weight is 293 g/mol. The molecule has 0 saturated carbocycles. The fourth-order valence-corrected chi connectivity index (χ4v) is 2.31. The smallest absolute Gasteiger partial charge is 0.326 e. The lowest BCUT2D eigenvalue weighted by Crippen LogP contribution is -2.49. The summed E-state index contributed by atoms with van der Waals surface area (Å²) in [6, 6.07) is 2.17. The van der Waals surface area contributed by atoms with E-state index >= 15 is 0 Å². The molecule has 7 nitrogen and oxygen atoms in total. The first-order chi connectivity index (χ1) is 10.1. The lowest BCUT2D eigenvalue weighted by Gasteiger charge is -2.32. The summed E-state index contributed by atoms with van der Waals surface area (Å²) in [6.07, 6.45) is 3.62. The number of urea groups is 1. The summed E-state index contributed by atoms with van der Waals surface area (Å²) in [5.41, 5.74) is 0.512. The lowest BCUT2D eigenvalue weighted by molar-refractivity contribution is -0.143. The molecule has 114 valence electrons. The zero-order valence-electron chi connectivity index (χ0n) is 11.9. The van der Waals surface area contributed by atoms with Crippen LogP contribution < -0.4 is 10.1 Å². The molecule has 1 aromatic rings. The first-order valence-electron chi connectivity index (χ1n) is 7.01. The first kappa shape index (κ1) is 15.1. The summed E-state index contributed by atoms with van der Waals surface area (Å²) >= 11 is 0. The summed E-state index contributed by atoms with van der Waals surface area (Å²) < 4.78 is 5.22. The highest BCUT2D eigenvalue weighted by molar-refractivity contribution is 5.92. The minimum Gasteiger partial charge on any atom is -0.480 e. The standard InChI is InChI=1S/C14H19N3O4/c1-2-21-12-7-6-10(9-15-12)16-14(20)17-8-4-3-5-11(17)13(18)19/h6-7,9,11H,2-5,8H2,1H3,(H,16,20)(H,18,19). The number of nitrogens with one attached hydrogen (secondary N) is 1. The number of amides is 2. The monoisotopic (exact) mass is 293 g/mol. The number of nitrogens with zero attached hydrogens (tertiary/aromatic N) is 2. The van der Waals surface area contributed by atoms with Gasteiger partial charge in [-0.25, -0.2) is 14.6 Å². The van der Waals surface area contributed by atoms with Crippen LogP contribution in [0.1, 0.15) is 26.2 Å². The largest absolute Gasteiger partial charge is 0.480 e. The van der Waals surface area contributed by atoms with Gasteiger partial charge in [0.2, 0.25) is 5.88 Å². The molecule has 0 spiro atoms. The van der Waals surface area contributed by atoms with Crippen LogP contribution in [-0.4, -0.2) is 46.2 Å². The van der Waals surface area contributed by atoms with E-state index in [0.717, 1.165) is 12.8 Å². The van der Waals surface area contributed by atoms with Crippen LogP contribution in [0.5, 0.6) is 5.88 Å². The van der Waals surface area contributed by atoms with Crippen LogP contribution in [0.2, 0.25) is 0 Å². The van der Waals surface area contributed by atoms with Crippen molar-refractivity contribution in [3.05, 3.63) is 18.3 Å². The van der Waals surface area contributed by atoms with Gasteiger partial charge in [-0.15, -0.1) is 0 Å². The van der Waals surface area contributed by atoms with Crippen LogP contribution in [0, 0.1) is 0 Å². The minimum absolute atomic E-state index is 0.409. The van der Waals surface area contributed by atoms with E-state index in [1.54, 1.807) is 12.1 Å². The molecule has 0 bridgehead atoms. The van der Waals surface area contributed by atoms with Gasteiger partial charge in [-0.05, 0) is 32.3 Å². The van der Waals surface area contributed by atoms with E-state index < -0.39 is 18.0 Å². The maximum absolute atomic E-state index is 12.2. The molecule has 1 atom stereocenters. The number of rotatable bonds is 4. The first-order valence-corrected chi connectivity index (χ1v) is 7.01. The van der Waals surface area contributed by atoms with Gasteiger partial charge in [0.1, 0.15) is 6.04 Å². The Hall–Kier alpha value is -2.31. The second-order valence-corrected chi connectivity index (χ2v) is 4.79. The third kappa shape index (κ3) is 3.84. The van der Waals surface area contributed by atoms with E-state index in [9.17, 15) is 9.59 Å². The SMILES string of the molecule is CCOc1ccc(NC(=O)N2CCCCC2C(=O)O)cn1. The molecule has 0 aliphatic carbocycles. The number of carbonyl (C=O) groups is 2. The number of pyridine rings is 1. The van der Waals surface area contributed by atoms with Crippen LogP contribution >= 0.6 is 0 Å². The number of carboxylic acids is 1. The number of hydrogen-bond acceptors (Lipinski definition) is 4. The Morgan fingerprint density at radius 1 is 1.48 bits per heavy atom. The summed E-state index contributed by atoms with van der Waals surface area (Å²) in [4.78, 5) is 28.8. The van der Waals surface area contributed by atoms with Gasteiger partial charge in [0.25, 0.3) is 0 Å². The van der Waals surface area contributed by atoms with Crippen molar-refractivity contribution in [2.75, 3.05) is 18.5 Å². The van der Waals surface area contributed by atoms with Crippen molar-refractivity contribution < 1.29 is 19.4 Å². The zero-order chi connectivity index (χ0) is 15.2. The molecule has 1 aliphatic heterocycles. The Kier molecular flexibility index (Phi) is 4.97. The molecule has 1 saturated heterocycles. The zero-order valence-corrected chi connectivity index (χ0v) is 11.9. The van der Waals surface area contributed by atoms with Crippen LogP contribution in [0.3, 0.4) is 0 Å². The second kappa shape index (κ2) is 6.92. The number of ether oxygens (including phenoxy) is 1. The van der Waals surface area contributed by atoms with Gasteiger partial charge >= 0.3 is 12.0 Å². The Morgan fingerprint density at radius 3 is 2.90 bits per heavy atom. The number of hydrogen-bond donors (Lipinski definition) is 2. The molecule has 2 N–H and O–H groups in total. The number of aliphatic carboxylic acids is 1. The molecule has 0 radical (unpaired) electrons. The quantitative estimate of drug-likeness (QED) is 0.885. The second-order valence-electron chi connectivity index (χ2n) is 4.79. The third-order valence-electron chi connectivity index (χ3n) is 3.33. The number of aromatic nitrogens is 1. The van der Waals surface area contributed by atoms with Crippen molar-refractivity contribution in [3.8, 4) is 5.88 Å². The topological polar surface area (TPSA) is 91.8 Å². The van der Waals surface area contributed by atoms with Crippen LogP contribution in [0.15, 0.2) is 18.3 Å². The normalized spacial score (nSPS) is 18.1. The van der Waals surface area contributed by atoms with E-state index in [4.69, 9.17) is 9.84 Å². The molecule has 1 aromatic heterocycles. The Bertz CT molecular complexity index is 503. The summed E-state index contributed by atoms with van der Waals surface area (Å²) in [5.74, 6) is -0.480. The van der Waals surface area contributed by atoms with Crippen LogP contribution in [-0.2, 0) is 4.79 Å². The van der Waals surface area contributed by atoms with Crippen molar-refractivity contribution in [1.29, 1.82) is 0 Å². The maximum atomic E-state index is 12.2. The van der Waals surface area contributed by atoms with Gasteiger partial charge < -0.3 is 20.1 Å². The van der Waals surface area contributed by atoms with E-state index in [-0.39, 0.29) is 0 Å². The van der Waals surface area contributed by atoms with E-state index in [1.165, 1.54) is 11.1 Å². The Labute approximate surface area is 122 Å². The van der Waals surface area contributed by atoms with Crippen LogP contribution in [0.25, 0.3) is 0 Å². The Balaban J connectivity index is 2.00. The van der Waals surface area contributed by atoms with Crippen LogP contribution in [0.4, 0.5) is 10.5 Å². The number of likely N-dealkylation sites (tertiary alicyclic amines) is 1.